The molecule has 7 heteroatoms. The molecule has 152 valence electrons. The first-order chi connectivity index (χ1) is 13.9. The molecule has 3 heterocycles. The number of benzene rings is 1. The topological polar surface area (TPSA) is 93.1 Å². The molecule has 0 bridgehead atoms. The highest BCUT2D eigenvalue weighted by atomic mass is 16.3. The maximum atomic E-state index is 13.1. The van der Waals surface area contributed by atoms with E-state index in [2.05, 4.69) is 17.5 Å². The molecule has 3 aliphatic heterocycles. The van der Waals surface area contributed by atoms with E-state index >= 15 is 0 Å². The minimum absolute atomic E-state index is 0.210. The number of hydrogen-bond donors (Lipinski definition) is 3. The molecule has 3 N–H and O–H groups in total. The lowest BCUT2D eigenvalue weighted by Gasteiger charge is -2.60. The van der Waals surface area contributed by atoms with Crippen LogP contribution in [-0.2, 0) is 15.0 Å². The quantitative estimate of drug-likeness (QED) is 0.612. The van der Waals surface area contributed by atoms with Crippen molar-refractivity contribution in [3.05, 3.63) is 42.0 Å². The van der Waals surface area contributed by atoms with Crippen molar-refractivity contribution in [2.45, 2.75) is 55.6 Å². The molecule has 2 amide bonds. The smallest absolute Gasteiger partial charge is 0.275 e. The Hall–Kier alpha value is -2.38. The third-order valence-electron chi connectivity index (χ3n) is 8.38. The molecule has 1 unspecified atom stereocenters. The van der Waals surface area contributed by atoms with E-state index in [0.717, 1.165) is 24.1 Å². The molecule has 7 nitrogen and oxygen atoms in total. The zero-order chi connectivity index (χ0) is 20.1. The number of likely N-dealkylation sites (N-methyl/N-ethyl adjacent to an activating group) is 1. The number of nitrogens with one attached hydrogen (secondary N) is 1. The van der Waals surface area contributed by atoms with E-state index in [1.165, 1.54) is 11.9 Å². The molecule has 1 saturated carbocycles. The van der Waals surface area contributed by atoms with Crippen molar-refractivity contribution < 1.29 is 19.8 Å². The van der Waals surface area contributed by atoms with Crippen LogP contribution in [0.2, 0.25) is 0 Å². The van der Waals surface area contributed by atoms with Gasteiger partial charge in [-0.2, -0.15) is 0 Å². The van der Waals surface area contributed by atoms with Gasteiger partial charge in [0.05, 0.1) is 6.10 Å². The van der Waals surface area contributed by atoms with Crippen LogP contribution in [0.1, 0.15) is 31.2 Å². The second kappa shape index (κ2) is 5.40. The zero-order valence-electron chi connectivity index (χ0n) is 16.3. The number of hydrogen-bond acceptors (Lipinski definition) is 5. The number of piperazine rings is 1. The largest absolute Gasteiger partial charge is 0.389 e. The first kappa shape index (κ1) is 17.5. The molecular formula is C22H25N3O4. The molecule has 29 heavy (non-hydrogen) atoms. The van der Waals surface area contributed by atoms with Crippen LogP contribution in [0.15, 0.2) is 36.4 Å². The van der Waals surface area contributed by atoms with Crippen LogP contribution in [-0.4, -0.2) is 63.4 Å². The van der Waals surface area contributed by atoms with Gasteiger partial charge in [-0.25, -0.2) is 0 Å². The predicted molar refractivity (Wildman–Crippen MR) is 104 cm³/mol. The lowest BCUT2D eigenvalue weighted by Crippen LogP contribution is -2.65. The number of aliphatic hydroxyl groups excluding tert-OH is 2. The maximum Gasteiger partial charge on any atom is 0.275 e. The summed E-state index contributed by atoms with van der Waals surface area (Å²) in [6.45, 7) is 0. The Morgan fingerprint density at radius 3 is 2.69 bits per heavy atom. The van der Waals surface area contributed by atoms with Gasteiger partial charge in [-0.05, 0) is 43.2 Å². The van der Waals surface area contributed by atoms with Crippen molar-refractivity contribution in [1.29, 1.82) is 0 Å². The Kier molecular flexibility index (Phi) is 3.25. The summed E-state index contributed by atoms with van der Waals surface area (Å²) in [5, 5.41) is 24.2. The normalized spacial score (nSPS) is 44.6. The molecule has 7 atom stereocenters. The third-order valence-corrected chi connectivity index (χ3v) is 8.38. The number of amides is 2. The molecule has 0 spiro atoms. The molecule has 5 aliphatic rings. The fourth-order valence-corrected chi connectivity index (χ4v) is 6.96. The van der Waals surface area contributed by atoms with E-state index in [-0.39, 0.29) is 17.5 Å². The van der Waals surface area contributed by atoms with Crippen molar-refractivity contribution in [2.24, 2.45) is 11.3 Å². The summed E-state index contributed by atoms with van der Waals surface area (Å²) in [6, 6.07) is 7.53. The zero-order valence-corrected chi connectivity index (χ0v) is 16.3. The second-order valence-corrected chi connectivity index (χ2v) is 9.29. The van der Waals surface area contributed by atoms with Crippen molar-refractivity contribution in [2.75, 3.05) is 12.4 Å². The van der Waals surface area contributed by atoms with Gasteiger partial charge < -0.3 is 25.3 Å². The molecule has 0 radical (unpaired) electrons. The fraction of sp³-hybridized carbons (Fsp3) is 0.545. The Labute approximate surface area is 169 Å². The average molecular weight is 395 g/mol. The van der Waals surface area contributed by atoms with Crippen molar-refractivity contribution in [3.63, 3.8) is 0 Å². The van der Waals surface area contributed by atoms with Crippen molar-refractivity contribution >= 4 is 17.5 Å². The number of fused-ring (bicyclic) bond motifs is 7. The molecule has 1 aromatic carbocycles. The van der Waals surface area contributed by atoms with Gasteiger partial charge in [-0.1, -0.05) is 30.4 Å². The lowest BCUT2D eigenvalue weighted by molar-refractivity contribution is -0.173. The van der Waals surface area contributed by atoms with Crippen LogP contribution in [0.3, 0.4) is 0 Å². The number of allylic oxidation sites excluding steroid dienone is 1. The summed E-state index contributed by atoms with van der Waals surface area (Å²) in [4.78, 5) is 29.0. The highest BCUT2D eigenvalue weighted by Gasteiger charge is 2.73. The van der Waals surface area contributed by atoms with E-state index in [1.54, 1.807) is 4.90 Å². The molecule has 1 aromatic rings. The van der Waals surface area contributed by atoms with Crippen LogP contribution < -0.4 is 5.32 Å². The molecule has 2 saturated heterocycles. The summed E-state index contributed by atoms with van der Waals surface area (Å²) in [5.41, 5.74) is 1.47. The predicted octanol–water partition coefficient (Wildman–Crippen LogP) is 0.784. The summed E-state index contributed by atoms with van der Waals surface area (Å²) in [6.07, 6.45) is 5.04. The maximum absolute atomic E-state index is 13.1. The van der Waals surface area contributed by atoms with Crippen molar-refractivity contribution in [3.8, 4) is 0 Å². The highest BCUT2D eigenvalue weighted by Crippen LogP contribution is 2.70. The van der Waals surface area contributed by atoms with Crippen LogP contribution in [0.4, 0.5) is 5.69 Å². The molecular weight excluding hydrogens is 370 g/mol. The number of rotatable bonds is 1. The Bertz CT molecular complexity index is 963. The summed E-state index contributed by atoms with van der Waals surface area (Å²) in [7, 11) is 1.49. The number of carbonyl (C=O) groups excluding carboxylic acids is 2. The Morgan fingerprint density at radius 2 is 1.97 bits per heavy atom. The third kappa shape index (κ3) is 1.82. The second-order valence-electron chi connectivity index (χ2n) is 9.29. The van der Waals surface area contributed by atoms with Crippen LogP contribution in [0.5, 0.6) is 0 Å². The average Bonchev–Trinajstić information content (AvgIpc) is 3.20. The van der Waals surface area contributed by atoms with Gasteiger partial charge in [0.15, 0.2) is 0 Å². The van der Waals surface area contributed by atoms with Gasteiger partial charge in [0.25, 0.3) is 5.91 Å². The number of para-hydroxylation sites is 1. The van der Waals surface area contributed by atoms with Gasteiger partial charge in [0, 0.05) is 23.6 Å². The minimum Gasteiger partial charge on any atom is -0.389 e. The van der Waals surface area contributed by atoms with Crippen LogP contribution >= 0.6 is 0 Å². The van der Waals surface area contributed by atoms with Gasteiger partial charge in [-0.15, -0.1) is 0 Å². The van der Waals surface area contributed by atoms with E-state index < -0.39 is 29.7 Å². The molecule has 0 aromatic heterocycles. The fourth-order valence-electron chi connectivity index (χ4n) is 6.96. The summed E-state index contributed by atoms with van der Waals surface area (Å²) < 4.78 is 0. The Balaban J connectivity index is 1.58. The van der Waals surface area contributed by atoms with Crippen LogP contribution in [0.25, 0.3) is 0 Å². The van der Waals surface area contributed by atoms with Crippen molar-refractivity contribution in [1.82, 2.24) is 9.80 Å². The minimum atomic E-state index is -1.45. The number of nitrogens with zero attached hydrogens (tertiary/aromatic N) is 2. The van der Waals surface area contributed by atoms with Crippen LogP contribution in [0, 0.1) is 11.3 Å². The van der Waals surface area contributed by atoms with Gasteiger partial charge in [0.2, 0.25) is 12.1 Å². The van der Waals surface area contributed by atoms with Gasteiger partial charge in [0.1, 0.15) is 12.2 Å². The van der Waals surface area contributed by atoms with E-state index in [1.807, 2.05) is 24.3 Å². The first-order valence-electron chi connectivity index (χ1n) is 10.4. The van der Waals surface area contributed by atoms with E-state index in [0.29, 0.717) is 18.8 Å². The summed E-state index contributed by atoms with van der Waals surface area (Å²) in [5.74, 6) is -0.319. The Morgan fingerprint density at radius 1 is 1.17 bits per heavy atom. The highest BCUT2D eigenvalue weighted by molar-refractivity contribution is 5.98. The molecule has 6 rings (SSSR count). The number of carbonyl (C=O) groups is 2. The number of anilines is 1. The molecule has 3 fully saturated rings. The lowest BCUT2D eigenvalue weighted by atomic mass is 9.43. The number of aliphatic hydroxyl groups is 2. The van der Waals surface area contributed by atoms with Gasteiger partial charge >= 0.3 is 0 Å². The van der Waals surface area contributed by atoms with E-state index in [4.69, 9.17) is 0 Å². The molecule has 2 aliphatic carbocycles. The summed E-state index contributed by atoms with van der Waals surface area (Å²) >= 11 is 0. The monoisotopic (exact) mass is 395 g/mol. The first-order valence-corrected chi connectivity index (χ1v) is 10.4. The SMILES string of the molecule is CN1C(=O)C2C[C@]3([C@]45C=C[C@@H](O)C[C@H]4CC5)c4ccccc4N[C@@H]3N2C(=O)[C@H]1O. The standard InChI is InChI=1S/C22H25N3O4/c1-24-17(27)16-11-22(21-8-6-12(21)10-13(26)7-9-21)14-4-2-3-5-15(14)23-20(22)25(16)19(29)18(24)28/h2-5,7,9,12-13,16,18,20,23,26,28H,6,8,10-11H2,1H3/t12-,13-,16?,18-,20-,21-,22+/m1/s1. The van der Waals surface area contributed by atoms with Gasteiger partial charge in [-0.3, -0.25) is 9.59 Å². The van der Waals surface area contributed by atoms with E-state index in [9.17, 15) is 19.8 Å².